The quantitative estimate of drug-likeness (QED) is 0.454. The summed E-state index contributed by atoms with van der Waals surface area (Å²) in [6, 6.07) is 4.45. The van der Waals surface area contributed by atoms with Crippen LogP contribution in [0, 0.1) is 5.95 Å². The smallest absolute Gasteiger partial charge is 0.213 e. The first kappa shape index (κ1) is 13.1. The van der Waals surface area contributed by atoms with Crippen LogP contribution in [0.5, 0.6) is 0 Å². The van der Waals surface area contributed by atoms with Crippen LogP contribution in [0.4, 0.5) is 4.39 Å². The van der Waals surface area contributed by atoms with Crippen LogP contribution in [-0.2, 0) is 11.4 Å². The molecule has 0 aliphatic rings. The van der Waals surface area contributed by atoms with Gasteiger partial charge in [-0.25, -0.2) is 4.98 Å². The van der Waals surface area contributed by atoms with Crippen molar-refractivity contribution in [1.29, 1.82) is 0 Å². The Bertz CT molecular complexity index is 401. The van der Waals surface area contributed by atoms with E-state index >= 15 is 0 Å². The summed E-state index contributed by atoms with van der Waals surface area (Å²) in [5.41, 5.74) is 0.894. The van der Waals surface area contributed by atoms with E-state index in [2.05, 4.69) is 9.38 Å². The first-order valence-corrected chi connectivity index (χ1v) is 6.01. The molecule has 0 bridgehead atoms. The molecule has 0 N–H and O–H groups in total. The van der Waals surface area contributed by atoms with Crippen molar-refractivity contribution in [2.75, 3.05) is 0 Å². The van der Waals surface area contributed by atoms with E-state index in [4.69, 9.17) is 0 Å². The van der Waals surface area contributed by atoms with Gasteiger partial charge in [-0.3, -0.25) is 0 Å². The Hall–Kier alpha value is -0.940. The molecule has 1 rings (SSSR count). The van der Waals surface area contributed by atoms with Gasteiger partial charge in [-0.05, 0) is 39.8 Å². The Kier molecular flexibility index (Phi) is 4.04. The second kappa shape index (κ2) is 4.93. The van der Waals surface area contributed by atoms with E-state index in [1.807, 2.05) is 20.8 Å². The molecule has 0 aliphatic heterocycles. The van der Waals surface area contributed by atoms with Crippen molar-refractivity contribution >= 4 is 17.1 Å². The van der Waals surface area contributed by atoms with Gasteiger partial charge in [0, 0.05) is 0 Å². The van der Waals surface area contributed by atoms with E-state index < -0.39 is 22.1 Å². The lowest BCUT2D eigenvalue weighted by Crippen LogP contribution is -2.26. The zero-order chi connectivity index (χ0) is 12.3. The summed E-state index contributed by atoms with van der Waals surface area (Å²) in [6.07, 6.45) is 0. The second-order valence-electron chi connectivity index (χ2n) is 4.38. The summed E-state index contributed by atoms with van der Waals surface area (Å²) in [4.78, 5) is 3.68. The average Bonchev–Trinajstić information content (AvgIpc) is 2.16. The van der Waals surface area contributed by atoms with Crippen molar-refractivity contribution in [3.63, 3.8) is 0 Å². The topological polar surface area (TPSA) is 48.3 Å². The molecule has 1 atom stereocenters. The highest BCUT2D eigenvalue weighted by Crippen LogP contribution is 2.18. The Morgan fingerprint density at radius 3 is 2.56 bits per heavy atom. The van der Waals surface area contributed by atoms with Gasteiger partial charge < -0.3 is 4.55 Å². The Balaban J connectivity index is 2.94. The van der Waals surface area contributed by atoms with Crippen LogP contribution in [-0.4, -0.2) is 20.0 Å². The van der Waals surface area contributed by atoms with Gasteiger partial charge in [-0.2, -0.15) is 4.39 Å². The standard InChI is InChI=1S/C11H15FN2OS/c1-8(14-16(15)11(2,3)4)9-6-5-7-10(12)13-9/h5-7H,1-4H3/t16-/m1/s1. The van der Waals surface area contributed by atoms with E-state index in [1.54, 1.807) is 19.1 Å². The zero-order valence-electron chi connectivity index (χ0n) is 9.82. The molecule has 0 saturated heterocycles. The van der Waals surface area contributed by atoms with Crippen molar-refractivity contribution in [2.45, 2.75) is 32.4 Å². The van der Waals surface area contributed by atoms with Gasteiger partial charge in [0.2, 0.25) is 5.95 Å². The number of hydrogen-bond donors (Lipinski definition) is 0. The van der Waals surface area contributed by atoms with E-state index in [9.17, 15) is 8.94 Å². The predicted molar refractivity (Wildman–Crippen MR) is 64.3 cm³/mol. The number of halogens is 1. The lowest BCUT2D eigenvalue weighted by Gasteiger charge is -2.18. The molecule has 3 nitrogen and oxygen atoms in total. The van der Waals surface area contributed by atoms with Gasteiger partial charge in [0.1, 0.15) is 21.8 Å². The molecule has 0 spiro atoms. The Morgan fingerprint density at radius 1 is 1.44 bits per heavy atom. The summed E-state index contributed by atoms with van der Waals surface area (Å²) in [5.74, 6) is -0.561. The highest BCUT2D eigenvalue weighted by molar-refractivity contribution is 7.91. The third-order valence-electron chi connectivity index (χ3n) is 1.83. The molecular formula is C11H15FN2OS. The van der Waals surface area contributed by atoms with Crippen molar-refractivity contribution in [2.24, 2.45) is 4.40 Å². The molecule has 0 unspecified atom stereocenters. The van der Waals surface area contributed by atoms with Gasteiger partial charge >= 0.3 is 0 Å². The van der Waals surface area contributed by atoms with Gasteiger partial charge in [-0.15, -0.1) is 0 Å². The van der Waals surface area contributed by atoms with Crippen LogP contribution in [0.2, 0.25) is 0 Å². The second-order valence-corrected chi connectivity index (χ2v) is 6.29. The molecule has 0 radical (unpaired) electrons. The third-order valence-corrected chi connectivity index (χ3v) is 3.32. The van der Waals surface area contributed by atoms with Crippen molar-refractivity contribution < 1.29 is 8.94 Å². The van der Waals surface area contributed by atoms with Gasteiger partial charge in [-0.1, -0.05) is 10.5 Å². The Morgan fingerprint density at radius 2 is 2.06 bits per heavy atom. The fraction of sp³-hybridized carbons (Fsp3) is 0.455. The molecule has 0 fully saturated rings. The van der Waals surface area contributed by atoms with Crippen LogP contribution in [0.15, 0.2) is 22.6 Å². The maximum absolute atomic E-state index is 12.9. The van der Waals surface area contributed by atoms with Crippen molar-refractivity contribution in [3.05, 3.63) is 29.8 Å². The molecule has 0 saturated carbocycles. The highest BCUT2D eigenvalue weighted by Gasteiger charge is 2.26. The predicted octanol–water partition coefficient (Wildman–Crippen LogP) is 2.49. The first-order chi connectivity index (χ1) is 7.30. The average molecular weight is 242 g/mol. The zero-order valence-corrected chi connectivity index (χ0v) is 10.6. The summed E-state index contributed by atoms with van der Waals surface area (Å²) >= 11 is -1.35. The summed E-state index contributed by atoms with van der Waals surface area (Å²) in [5, 5.41) is 0. The van der Waals surface area contributed by atoms with Gasteiger partial charge in [0.25, 0.3) is 0 Å². The minimum Gasteiger partial charge on any atom is -0.591 e. The fourth-order valence-corrected chi connectivity index (χ4v) is 1.53. The van der Waals surface area contributed by atoms with Crippen molar-refractivity contribution in [3.8, 4) is 0 Å². The molecule has 1 heterocycles. The normalized spacial score (nSPS) is 15.0. The fourth-order valence-electron chi connectivity index (χ4n) is 0.918. The van der Waals surface area contributed by atoms with Crippen molar-refractivity contribution in [1.82, 2.24) is 4.98 Å². The Labute approximate surface area is 98.1 Å². The molecule has 0 aromatic carbocycles. The highest BCUT2D eigenvalue weighted by atomic mass is 32.2. The van der Waals surface area contributed by atoms with Crippen LogP contribution in [0.3, 0.4) is 0 Å². The van der Waals surface area contributed by atoms with E-state index in [-0.39, 0.29) is 0 Å². The molecular weight excluding hydrogens is 227 g/mol. The summed E-state index contributed by atoms with van der Waals surface area (Å²) < 4.78 is 28.2. The van der Waals surface area contributed by atoms with Crippen LogP contribution in [0.1, 0.15) is 33.4 Å². The molecule has 1 aromatic rings. The lowest BCUT2D eigenvalue weighted by atomic mass is 10.3. The number of rotatable bonds is 2. The van der Waals surface area contributed by atoms with Crippen LogP contribution in [0.25, 0.3) is 0 Å². The monoisotopic (exact) mass is 242 g/mol. The minimum absolute atomic E-state index is 0.414. The van der Waals surface area contributed by atoms with Crippen LogP contribution < -0.4 is 0 Å². The molecule has 0 amide bonds. The van der Waals surface area contributed by atoms with Gasteiger partial charge in [0.15, 0.2) is 0 Å². The van der Waals surface area contributed by atoms with Crippen LogP contribution >= 0.6 is 0 Å². The molecule has 1 aromatic heterocycles. The molecule has 16 heavy (non-hydrogen) atoms. The largest absolute Gasteiger partial charge is 0.591 e. The van der Waals surface area contributed by atoms with Gasteiger partial charge in [0.05, 0.1) is 5.69 Å². The molecule has 5 heteroatoms. The first-order valence-electron chi connectivity index (χ1n) is 4.91. The van der Waals surface area contributed by atoms with E-state index in [0.717, 1.165) is 0 Å². The minimum atomic E-state index is -1.35. The summed E-state index contributed by atoms with van der Waals surface area (Å²) in [6.45, 7) is 7.17. The number of pyridine rings is 1. The SMILES string of the molecule is CC(=N[S@+]([O-])C(C)(C)C)c1cccc(F)n1. The summed E-state index contributed by atoms with van der Waals surface area (Å²) in [7, 11) is 0. The van der Waals surface area contributed by atoms with E-state index in [1.165, 1.54) is 6.07 Å². The molecule has 88 valence electrons. The third kappa shape index (κ3) is 3.57. The maximum atomic E-state index is 12.9. The molecule has 0 aliphatic carbocycles. The number of hydrogen-bond acceptors (Lipinski definition) is 3. The maximum Gasteiger partial charge on any atom is 0.213 e. The number of nitrogens with zero attached hydrogens (tertiary/aromatic N) is 2. The van der Waals surface area contributed by atoms with E-state index in [0.29, 0.717) is 11.4 Å². The lowest BCUT2D eigenvalue weighted by molar-refractivity contribution is 0.561. The number of aromatic nitrogens is 1.